The molecule has 1 heterocycles. The Labute approximate surface area is 151 Å². The van der Waals surface area contributed by atoms with Crippen molar-refractivity contribution in [2.75, 3.05) is 13.1 Å². The molecule has 0 bridgehead atoms. The van der Waals surface area contributed by atoms with E-state index in [1.807, 2.05) is 6.92 Å². The number of nitrogens with one attached hydrogen (secondary N) is 2. The molecule has 1 aromatic rings. The molecular weight excluding hydrogens is 360 g/mol. The van der Waals surface area contributed by atoms with Crippen LogP contribution in [0.5, 0.6) is 0 Å². The molecule has 1 aromatic carbocycles. The lowest BCUT2D eigenvalue weighted by Gasteiger charge is -2.27. The summed E-state index contributed by atoms with van der Waals surface area (Å²) in [4.78, 5) is 12.0. The highest BCUT2D eigenvalue weighted by molar-refractivity contribution is 5.85. The van der Waals surface area contributed by atoms with Gasteiger partial charge in [0.15, 0.2) is 0 Å². The Morgan fingerprint density at radius 1 is 1.32 bits per heavy atom. The van der Waals surface area contributed by atoms with E-state index in [1.54, 1.807) is 0 Å². The quantitative estimate of drug-likeness (QED) is 0.758. The van der Waals surface area contributed by atoms with Crippen LogP contribution < -0.4 is 10.6 Å². The fourth-order valence-corrected chi connectivity index (χ4v) is 3.11. The van der Waals surface area contributed by atoms with Crippen molar-refractivity contribution in [1.82, 2.24) is 10.6 Å². The maximum absolute atomic E-state index is 13.1. The zero-order valence-electron chi connectivity index (χ0n) is 14.0. The molecule has 1 amide bonds. The summed E-state index contributed by atoms with van der Waals surface area (Å²) >= 11 is 0. The van der Waals surface area contributed by atoms with Crippen LogP contribution in [0.15, 0.2) is 18.2 Å². The zero-order valence-corrected chi connectivity index (χ0v) is 14.8. The molecule has 25 heavy (non-hydrogen) atoms. The first-order valence-corrected chi connectivity index (χ1v) is 8.10. The number of carbonyl (C=O) groups excluding carboxylic acids is 1. The fraction of sp³-hybridized carbons (Fsp3) is 0.588. The Balaban J connectivity index is 0.00000312. The van der Waals surface area contributed by atoms with E-state index in [-0.39, 0.29) is 42.8 Å². The van der Waals surface area contributed by atoms with Gasteiger partial charge in [0.25, 0.3) is 0 Å². The summed E-state index contributed by atoms with van der Waals surface area (Å²) in [5, 5.41) is 5.78. The highest BCUT2D eigenvalue weighted by Crippen LogP contribution is 2.32. The fourth-order valence-electron chi connectivity index (χ4n) is 3.11. The Bertz CT molecular complexity index is 574. The number of alkyl halides is 3. The molecule has 0 aliphatic carbocycles. The first kappa shape index (κ1) is 21.7. The molecule has 1 atom stereocenters. The molecule has 2 N–H and O–H groups in total. The van der Waals surface area contributed by atoms with Gasteiger partial charge in [0.05, 0.1) is 5.56 Å². The predicted octanol–water partition coefficient (Wildman–Crippen LogP) is 3.91. The number of piperidine rings is 1. The molecule has 0 spiro atoms. The Morgan fingerprint density at radius 2 is 1.96 bits per heavy atom. The number of halogens is 5. The lowest BCUT2D eigenvalue weighted by molar-refractivity contribution is -0.138. The van der Waals surface area contributed by atoms with Crippen LogP contribution in [0.1, 0.15) is 37.3 Å². The van der Waals surface area contributed by atoms with Gasteiger partial charge in [0.1, 0.15) is 5.82 Å². The van der Waals surface area contributed by atoms with E-state index in [4.69, 9.17) is 0 Å². The van der Waals surface area contributed by atoms with Crippen molar-refractivity contribution < 1.29 is 22.4 Å². The van der Waals surface area contributed by atoms with Gasteiger partial charge in [-0.05, 0) is 55.5 Å². The maximum atomic E-state index is 13.1. The van der Waals surface area contributed by atoms with Gasteiger partial charge in [-0.1, -0.05) is 13.0 Å². The van der Waals surface area contributed by atoms with Gasteiger partial charge < -0.3 is 10.6 Å². The first-order valence-electron chi connectivity index (χ1n) is 8.10. The number of amides is 1. The molecule has 142 valence electrons. The number of carbonyl (C=O) groups is 1. The Kier molecular flexibility index (Phi) is 8.15. The minimum Gasteiger partial charge on any atom is -0.352 e. The van der Waals surface area contributed by atoms with Crippen molar-refractivity contribution in [1.29, 1.82) is 0 Å². The van der Waals surface area contributed by atoms with E-state index >= 15 is 0 Å². The molecule has 8 heteroatoms. The Hall–Kier alpha value is -1.34. The zero-order chi connectivity index (χ0) is 17.7. The third-order valence-electron chi connectivity index (χ3n) is 4.55. The van der Waals surface area contributed by atoms with E-state index in [2.05, 4.69) is 10.6 Å². The SMILES string of the molecule is CC(CC(=O)NCc1ccc(F)cc1C(F)(F)F)C1CCNCC1.Cl. The van der Waals surface area contributed by atoms with Crippen LogP contribution in [0.3, 0.4) is 0 Å². The molecule has 1 unspecified atom stereocenters. The molecule has 0 saturated carbocycles. The molecule has 1 aliphatic heterocycles. The Morgan fingerprint density at radius 3 is 2.56 bits per heavy atom. The van der Waals surface area contributed by atoms with Gasteiger partial charge in [-0.2, -0.15) is 13.2 Å². The van der Waals surface area contributed by atoms with Crippen molar-refractivity contribution in [2.45, 2.75) is 38.9 Å². The monoisotopic (exact) mass is 382 g/mol. The van der Waals surface area contributed by atoms with Gasteiger partial charge >= 0.3 is 6.18 Å². The standard InChI is InChI=1S/C17H22F4N2O.ClH/c1-11(12-4-6-22-7-5-12)8-16(24)23-10-13-2-3-14(18)9-15(13)17(19,20)21;/h2-3,9,11-12,22H,4-8,10H2,1H3,(H,23,24);1H. The minimum absolute atomic E-state index is 0. The average Bonchev–Trinajstić information content (AvgIpc) is 2.53. The number of hydrogen-bond donors (Lipinski definition) is 2. The van der Waals surface area contributed by atoms with Crippen LogP contribution in [-0.4, -0.2) is 19.0 Å². The maximum Gasteiger partial charge on any atom is 0.416 e. The molecule has 1 saturated heterocycles. The smallest absolute Gasteiger partial charge is 0.352 e. The number of hydrogen-bond acceptors (Lipinski definition) is 2. The van der Waals surface area contributed by atoms with Gasteiger partial charge in [0.2, 0.25) is 5.91 Å². The van der Waals surface area contributed by atoms with Crippen molar-refractivity contribution in [2.24, 2.45) is 11.8 Å². The summed E-state index contributed by atoms with van der Waals surface area (Å²) in [5.74, 6) is -0.591. The summed E-state index contributed by atoms with van der Waals surface area (Å²) in [7, 11) is 0. The van der Waals surface area contributed by atoms with Gasteiger partial charge in [0, 0.05) is 13.0 Å². The molecule has 1 aliphatic rings. The summed E-state index contributed by atoms with van der Waals surface area (Å²) < 4.78 is 51.8. The largest absolute Gasteiger partial charge is 0.416 e. The lowest BCUT2D eigenvalue weighted by atomic mass is 9.84. The van der Waals surface area contributed by atoms with E-state index < -0.39 is 17.6 Å². The van der Waals surface area contributed by atoms with Gasteiger partial charge in [-0.15, -0.1) is 12.4 Å². The van der Waals surface area contributed by atoms with Gasteiger partial charge in [-0.3, -0.25) is 4.79 Å². The molecule has 0 radical (unpaired) electrons. The van der Waals surface area contributed by atoms with Crippen LogP contribution in [0.25, 0.3) is 0 Å². The van der Waals surface area contributed by atoms with Crippen LogP contribution >= 0.6 is 12.4 Å². The molecule has 3 nitrogen and oxygen atoms in total. The van der Waals surface area contributed by atoms with Crippen LogP contribution in [-0.2, 0) is 17.5 Å². The summed E-state index contributed by atoms with van der Waals surface area (Å²) in [6, 6.07) is 2.49. The second kappa shape index (κ2) is 9.38. The van der Waals surface area contributed by atoms with E-state index in [0.29, 0.717) is 12.0 Å². The molecular formula is C17H23ClF4N2O. The second-order valence-electron chi connectivity index (χ2n) is 6.34. The van der Waals surface area contributed by atoms with Crippen molar-refractivity contribution in [3.8, 4) is 0 Å². The summed E-state index contributed by atoms with van der Waals surface area (Å²) in [6.07, 6.45) is -2.35. The van der Waals surface area contributed by atoms with Crippen LogP contribution in [0.2, 0.25) is 0 Å². The highest BCUT2D eigenvalue weighted by Gasteiger charge is 2.33. The highest BCUT2D eigenvalue weighted by atomic mass is 35.5. The third-order valence-corrected chi connectivity index (χ3v) is 4.55. The van der Waals surface area contributed by atoms with Gasteiger partial charge in [-0.25, -0.2) is 4.39 Å². The molecule has 1 fully saturated rings. The summed E-state index contributed by atoms with van der Waals surface area (Å²) in [5.41, 5.74) is -1.18. The molecule has 0 aromatic heterocycles. The topological polar surface area (TPSA) is 41.1 Å². The van der Waals surface area contributed by atoms with Crippen LogP contribution in [0.4, 0.5) is 17.6 Å². The summed E-state index contributed by atoms with van der Waals surface area (Å²) in [6.45, 7) is 3.60. The lowest BCUT2D eigenvalue weighted by Crippen LogP contribution is -2.33. The van der Waals surface area contributed by atoms with Crippen molar-refractivity contribution in [3.05, 3.63) is 35.1 Å². The first-order chi connectivity index (χ1) is 11.3. The van der Waals surface area contributed by atoms with E-state index in [0.717, 1.165) is 38.1 Å². The van der Waals surface area contributed by atoms with Crippen LogP contribution in [0, 0.1) is 17.7 Å². The van der Waals surface area contributed by atoms with Crippen molar-refractivity contribution in [3.63, 3.8) is 0 Å². The number of rotatable bonds is 5. The van der Waals surface area contributed by atoms with E-state index in [1.165, 1.54) is 0 Å². The van der Waals surface area contributed by atoms with E-state index in [9.17, 15) is 22.4 Å². The van der Waals surface area contributed by atoms with Crippen molar-refractivity contribution >= 4 is 18.3 Å². The average molecular weight is 383 g/mol. The predicted molar refractivity (Wildman–Crippen MR) is 89.9 cm³/mol. The second-order valence-corrected chi connectivity index (χ2v) is 6.34. The molecule has 2 rings (SSSR count). The number of benzene rings is 1. The minimum atomic E-state index is -4.65. The normalized spacial score (nSPS) is 16.8. The third kappa shape index (κ3) is 6.47.